The molecular formula is C15H22N2O. The first kappa shape index (κ1) is 14.5. The molecule has 1 atom stereocenters. The van der Waals surface area contributed by atoms with Crippen molar-refractivity contribution in [3.63, 3.8) is 0 Å². The van der Waals surface area contributed by atoms with Crippen LogP contribution in [0.2, 0.25) is 0 Å². The number of benzene rings is 1. The van der Waals surface area contributed by atoms with Crippen molar-refractivity contribution in [1.82, 2.24) is 5.32 Å². The van der Waals surface area contributed by atoms with E-state index in [0.29, 0.717) is 6.54 Å². The Morgan fingerprint density at radius 1 is 1.39 bits per heavy atom. The second kappa shape index (κ2) is 5.88. The molecule has 0 spiro atoms. The highest BCUT2D eigenvalue weighted by Crippen LogP contribution is 2.31. The van der Waals surface area contributed by atoms with Gasteiger partial charge < -0.3 is 4.74 Å². The monoisotopic (exact) mass is 246 g/mol. The lowest BCUT2D eigenvalue weighted by atomic mass is 9.85. The van der Waals surface area contributed by atoms with Crippen LogP contribution in [-0.4, -0.2) is 13.2 Å². The van der Waals surface area contributed by atoms with Crippen molar-refractivity contribution in [2.45, 2.75) is 45.7 Å². The zero-order valence-electron chi connectivity index (χ0n) is 11.9. The highest BCUT2D eigenvalue weighted by atomic mass is 16.5. The average Bonchev–Trinajstić information content (AvgIpc) is 2.34. The second-order valence-electron chi connectivity index (χ2n) is 5.52. The van der Waals surface area contributed by atoms with Gasteiger partial charge in [-0.25, -0.2) is 0 Å². The molecule has 98 valence electrons. The molecule has 3 heteroatoms. The molecule has 0 aliphatic carbocycles. The predicted molar refractivity (Wildman–Crippen MR) is 73.6 cm³/mol. The third-order valence-corrected chi connectivity index (χ3v) is 2.88. The van der Waals surface area contributed by atoms with E-state index >= 15 is 0 Å². The van der Waals surface area contributed by atoms with Crippen LogP contribution in [0.5, 0.6) is 5.75 Å². The lowest BCUT2D eigenvalue weighted by molar-refractivity contribution is 0.397. The van der Waals surface area contributed by atoms with Crippen LogP contribution in [0.3, 0.4) is 0 Å². The second-order valence-corrected chi connectivity index (χ2v) is 5.52. The van der Waals surface area contributed by atoms with Crippen LogP contribution in [0, 0.1) is 11.3 Å². The Morgan fingerprint density at radius 2 is 2.06 bits per heavy atom. The molecule has 0 radical (unpaired) electrons. The largest absolute Gasteiger partial charge is 0.496 e. The molecule has 0 fully saturated rings. The van der Waals surface area contributed by atoms with E-state index < -0.39 is 0 Å². The van der Waals surface area contributed by atoms with Gasteiger partial charge in [0.25, 0.3) is 0 Å². The van der Waals surface area contributed by atoms with Crippen molar-refractivity contribution in [3.8, 4) is 11.8 Å². The van der Waals surface area contributed by atoms with E-state index in [1.54, 1.807) is 7.11 Å². The maximum absolute atomic E-state index is 8.75. The molecule has 0 saturated heterocycles. The van der Waals surface area contributed by atoms with E-state index in [1.807, 2.05) is 19.1 Å². The summed E-state index contributed by atoms with van der Waals surface area (Å²) in [5.74, 6) is 0.916. The summed E-state index contributed by atoms with van der Waals surface area (Å²) < 4.78 is 5.40. The first-order valence-electron chi connectivity index (χ1n) is 6.19. The smallest absolute Gasteiger partial charge is 0.122 e. The predicted octanol–water partition coefficient (Wildman–Crippen LogP) is 2.99. The molecule has 1 aromatic carbocycles. The summed E-state index contributed by atoms with van der Waals surface area (Å²) in [6.07, 6.45) is 0. The van der Waals surface area contributed by atoms with Gasteiger partial charge in [0.05, 0.1) is 19.2 Å². The van der Waals surface area contributed by atoms with Crippen LogP contribution in [0.4, 0.5) is 0 Å². The van der Waals surface area contributed by atoms with Crippen LogP contribution in [0.15, 0.2) is 18.2 Å². The summed E-state index contributed by atoms with van der Waals surface area (Å²) in [6, 6.07) is 8.21. The van der Waals surface area contributed by atoms with Crippen molar-refractivity contribution in [2.75, 3.05) is 7.11 Å². The lowest BCUT2D eigenvalue weighted by Gasteiger charge is -2.23. The minimum Gasteiger partial charge on any atom is -0.496 e. The Hall–Kier alpha value is -1.53. The first-order chi connectivity index (χ1) is 8.38. The Balaban J connectivity index is 2.94. The van der Waals surface area contributed by atoms with Crippen molar-refractivity contribution in [2.24, 2.45) is 0 Å². The van der Waals surface area contributed by atoms with Crippen molar-refractivity contribution >= 4 is 0 Å². The van der Waals surface area contributed by atoms with Crippen LogP contribution in [0.25, 0.3) is 0 Å². The van der Waals surface area contributed by atoms with E-state index in [4.69, 9.17) is 10.00 Å². The minimum atomic E-state index is -0.134. The molecule has 1 N–H and O–H groups in total. The van der Waals surface area contributed by atoms with E-state index in [0.717, 1.165) is 5.75 Å². The summed E-state index contributed by atoms with van der Waals surface area (Å²) in [5, 5.41) is 11.9. The fourth-order valence-electron chi connectivity index (χ4n) is 1.77. The SMILES string of the molecule is COc1ccc(CNC(C)C#N)cc1C(C)(C)C. The Kier molecular flexibility index (Phi) is 4.75. The van der Waals surface area contributed by atoms with Crippen molar-refractivity contribution < 1.29 is 4.74 Å². The molecule has 0 amide bonds. The van der Waals surface area contributed by atoms with Gasteiger partial charge in [-0.15, -0.1) is 0 Å². The molecule has 0 aliphatic heterocycles. The third-order valence-electron chi connectivity index (χ3n) is 2.88. The van der Waals surface area contributed by atoms with Crippen molar-refractivity contribution in [1.29, 1.82) is 5.26 Å². The van der Waals surface area contributed by atoms with Gasteiger partial charge in [-0.1, -0.05) is 32.9 Å². The summed E-state index contributed by atoms with van der Waals surface area (Å²) in [6.45, 7) is 9.05. The molecule has 1 aromatic rings. The normalized spacial score (nSPS) is 12.9. The maximum atomic E-state index is 8.75. The third kappa shape index (κ3) is 3.75. The van der Waals surface area contributed by atoms with Crippen molar-refractivity contribution in [3.05, 3.63) is 29.3 Å². The topological polar surface area (TPSA) is 45.0 Å². The van der Waals surface area contributed by atoms with Gasteiger partial charge in [0.1, 0.15) is 5.75 Å². The Bertz CT molecular complexity index is 441. The highest BCUT2D eigenvalue weighted by Gasteiger charge is 2.19. The van der Waals surface area contributed by atoms with Crippen LogP contribution in [0.1, 0.15) is 38.8 Å². The number of rotatable bonds is 4. The molecule has 0 saturated carbocycles. The first-order valence-corrected chi connectivity index (χ1v) is 6.19. The molecule has 0 aliphatic rings. The molecular weight excluding hydrogens is 224 g/mol. The van der Waals surface area contributed by atoms with Gasteiger partial charge in [0.15, 0.2) is 0 Å². The molecule has 0 aromatic heterocycles. The zero-order valence-corrected chi connectivity index (χ0v) is 11.9. The highest BCUT2D eigenvalue weighted by molar-refractivity contribution is 5.41. The van der Waals surface area contributed by atoms with E-state index in [2.05, 4.69) is 38.2 Å². The Labute approximate surface area is 110 Å². The van der Waals surface area contributed by atoms with Crippen LogP contribution >= 0.6 is 0 Å². The molecule has 0 heterocycles. The van der Waals surface area contributed by atoms with E-state index in [1.165, 1.54) is 11.1 Å². The van der Waals surface area contributed by atoms with E-state index in [9.17, 15) is 0 Å². The van der Waals surface area contributed by atoms with Gasteiger partial charge in [-0.2, -0.15) is 5.26 Å². The van der Waals surface area contributed by atoms with Crippen LogP contribution < -0.4 is 10.1 Å². The standard InChI is InChI=1S/C15H22N2O/c1-11(9-16)17-10-12-6-7-14(18-5)13(8-12)15(2,3)4/h6-8,11,17H,10H2,1-5H3. The molecule has 0 bridgehead atoms. The molecule has 1 rings (SSSR count). The van der Waals surface area contributed by atoms with Gasteiger partial charge in [-0.3, -0.25) is 5.32 Å². The molecule has 1 unspecified atom stereocenters. The maximum Gasteiger partial charge on any atom is 0.122 e. The Morgan fingerprint density at radius 3 is 2.56 bits per heavy atom. The number of hydrogen-bond acceptors (Lipinski definition) is 3. The number of methoxy groups -OCH3 is 1. The lowest BCUT2D eigenvalue weighted by Crippen LogP contribution is -2.24. The average molecular weight is 246 g/mol. The van der Waals surface area contributed by atoms with Crippen LogP contribution in [-0.2, 0) is 12.0 Å². The van der Waals surface area contributed by atoms with Gasteiger partial charge in [-0.05, 0) is 29.5 Å². The number of ether oxygens (including phenoxy) is 1. The summed E-state index contributed by atoms with van der Waals surface area (Å²) in [5.41, 5.74) is 2.40. The molecule has 18 heavy (non-hydrogen) atoms. The number of hydrogen-bond donors (Lipinski definition) is 1. The number of nitriles is 1. The van der Waals surface area contributed by atoms with Gasteiger partial charge in [0, 0.05) is 6.54 Å². The summed E-state index contributed by atoms with van der Waals surface area (Å²) in [7, 11) is 1.69. The van der Waals surface area contributed by atoms with Gasteiger partial charge >= 0.3 is 0 Å². The fraction of sp³-hybridized carbons (Fsp3) is 0.533. The fourth-order valence-corrected chi connectivity index (χ4v) is 1.77. The van der Waals surface area contributed by atoms with Gasteiger partial charge in [0.2, 0.25) is 0 Å². The summed E-state index contributed by atoms with van der Waals surface area (Å²) in [4.78, 5) is 0. The molecule has 3 nitrogen and oxygen atoms in total. The number of nitrogens with zero attached hydrogens (tertiary/aromatic N) is 1. The quantitative estimate of drug-likeness (QED) is 0.888. The minimum absolute atomic E-state index is 0.0438. The number of nitrogens with one attached hydrogen (secondary N) is 1. The zero-order chi connectivity index (χ0) is 13.8. The van der Waals surface area contributed by atoms with E-state index in [-0.39, 0.29) is 11.5 Å². The summed E-state index contributed by atoms with van der Waals surface area (Å²) >= 11 is 0.